The highest BCUT2D eigenvalue weighted by atomic mass is 32.2. The van der Waals surface area contributed by atoms with Crippen LogP contribution < -0.4 is 10.5 Å². The van der Waals surface area contributed by atoms with Crippen LogP contribution in [0, 0.1) is 11.3 Å². The molecule has 1 aromatic carbocycles. The first kappa shape index (κ1) is 14.7. The second-order valence-corrected chi connectivity index (χ2v) is 6.46. The van der Waals surface area contributed by atoms with Gasteiger partial charge in [-0.3, -0.25) is 5.41 Å². The van der Waals surface area contributed by atoms with Gasteiger partial charge < -0.3 is 5.73 Å². The Morgan fingerprint density at radius 2 is 1.89 bits per heavy atom. The second kappa shape index (κ2) is 5.97. The predicted octanol–water partition coefficient (Wildman–Crippen LogP) is 1.05. The van der Waals surface area contributed by atoms with Gasteiger partial charge in [-0.15, -0.1) is 0 Å². The van der Waals surface area contributed by atoms with Crippen molar-refractivity contribution in [2.45, 2.75) is 20.4 Å². The number of nitrogen functional groups attached to an aromatic ring is 1. The van der Waals surface area contributed by atoms with E-state index in [0.717, 1.165) is 5.56 Å². The minimum absolute atomic E-state index is 0.00179. The molecular weight excluding hydrogens is 250 g/mol. The van der Waals surface area contributed by atoms with Crippen LogP contribution in [0.3, 0.4) is 0 Å². The van der Waals surface area contributed by atoms with Crippen LogP contribution in [0.15, 0.2) is 24.3 Å². The van der Waals surface area contributed by atoms with E-state index in [-0.39, 0.29) is 24.1 Å². The molecule has 5 nitrogen and oxygen atoms in total. The molecule has 0 fully saturated rings. The monoisotopic (exact) mass is 269 g/mol. The zero-order valence-electron chi connectivity index (χ0n) is 10.6. The molecule has 1 rings (SSSR count). The van der Waals surface area contributed by atoms with E-state index < -0.39 is 10.0 Å². The van der Waals surface area contributed by atoms with Crippen LogP contribution in [0.2, 0.25) is 0 Å². The highest BCUT2D eigenvalue weighted by Gasteiger charge is 2.12. The molecule has 0 saturated heterocycles. The summed E-state index contributed by atoms with van der Waals surface area (Å²) in [5, 5.41) is 7.25. The molecular formula is C12H19N3O2S. The third-order valence-corrected chi connectivity index (χ3v) is 4.00. The normalized spacial score (nSPS) is 11.7. The van der Waals surface area contributed by atoms with Gasteiger partial charge >= 0.3 is 0 Å². The Hall–Kier alpha value is -1.40. The quantitative estimate of drug-likeness (QED) is 0.532. The number of sulfonamides is 1. The minimum Gasteiger partial charge on any atom is -0.384 e. The van der Waals surface area contributed by atoms with Gasteiger partial charge in [-0.2, -0.15) is 0 Å². The summed E-state index contributed by atoms with van der Waals surface area (Å²) in [6, 6.07) is 6.92. The number of nitrogens with one attached hydrogen (secondary N) is 2. The number of benzene rings is 1. The molecule has 0 saturated carbocycles. The average molecular weight is 269 g/mol. The third kappa shape index (κ3) is 4.85. The fraction of sp³-hybridized carbons (Fsp3) is 0.417. The molecule has 100 valence electrons. The summed E-state index contributed by atoms with van der Waals surface area (Å²) in [5.74, 6) is 0.225. The van der Waals surface area contributed by atoms with Crippen LogP contribution in [0.1, 0.15) is 25.0 Å². The molecule has 4 N–H and O–H groups in total. The molecule has 0 aliphatic rings. The molecule has 0 aliphatic heterocycles. The SMILES string of the molecule is CC(C)CS(=O)(=O)NCc1ccc(C(=N)N)cc1. The van der Waals surface area contributed by atoms with Crippen molar-refractivity contribution in [3.8, 4) is 0 Å². The standard InChI is InChI=1S/C12H19N3O2S/c1-9(2)8-18(16,17)15-7-10-3-5-11(6-4-10)12(13)14/h3-6,9,15H,7-8H2,1-2H3,(H3,13,14). The molecule has 0 spiro atoms. The van der Waals surface area contributed by atoms with E-state index in [1.54, 1.807) is 24.3 Å². The number of hydrogen-bond acceptors (Lipinski definition) is 3. The molecule has 0 aromatic heterocycles. The molecule has 6 heteroatoms. The zero-order valence-corrected chi connectivity index (χ0v) is 11.4. The van der Waals surface area contributed by atoms with E-state index in [1.165, 1.54) is 0 Å². The highest BCUT2D eigenvalue weighted by molar-refractivity contribution is 7.89. The maximum Gasteiger partial charge on any atom is 0.212 e. The van der Waals surface area contributed by atoms with Crippen LogP contribution in [-0.2, 0) is 16.6 Å². The van der Waals surface area contributed by atoms with E-state index in [4.69, 9.17) is 11.1 Å². The lowest BCUT2D eigenvalue weighted by atomic mass is 10.1. The first-order chi connectivity index (χ1) is 8.30. The van der Waals surface area contributed by atoms with E-state index >= 15 is 0 Å². The Kier molecular flexibility index (Phi) is 4.86. The van der Waals surface area contributed by atoms with Crippen LogP contribution >= 0.6 is 0 Å². The number of nitrogens with two attached hydrogens (primary N) is 1. The lowest BCUT2D eigenvalue weighted by Gasteiger charge is -2.09. The number of amidine groups is 1. The maximum absolute atomic E-state index is 11.6. The average Bonchev–Trinajstić information content (AvgIpc) is 2.25. The van der Waals surface area contributed by atoms with Crippen LogP contribution in [0.5, 0.6) is 0 Å². The summed E-state index contributed by atoms with van der Waals surface area (Å²) in [6.45, 7) is 3.98. The summed E-state index contributed by atoms with van der Waals surface area (Å²) >= 11 is 0. The smallest absolute Gasteiger partial charge is 0.212 e. The molecule has 0 bridgehead atoms. The highest BCUT2D eigenvalue weighted by Crippen LogP contribution is 2.05. The van der Waals surface area contributed by atoms with Gasteiger partial charge in [0.2, 0.25) is 10.0 Å². The molecule has 18 heavy (non-hydrogen) atoms. The molecule has 0 radical (unpaired) electrons. The van der Waals surface area contributed by atoms with Crippen LogP contribution in [0.4, 0.5) is 0 Å². The predicted molar refractivity (Wildman–Crippen MR) is 72.9 cm³/mol. The van der Waals surface area contributed by atoms with Crippen LogP contribution in [0.25, 0.3) is 0 Å². The van der Waals surface area contributed by atoms with Gasteiger partial charge in [0.15, 0.2) is 0 Å². The first-order valence-corrected chi connectivity index (χ1v) is 7.36. The summed E-state index contributed by atoms with van der Waals surface area (Å²) in [4.78, 5) is 0. The van der Waals surface area contributed by atoms with Crippen molar-refractivity contribution >= 4 is 15.9 Å². The van der Waals surface area contributed by atoms with Crippen molar-refractivity contribution in [2.75, 3.05) is 5.75 Å². The number of hydrogen-bond donors (Lipinski definition) is 3. The van der Waals surface area contributed by atoms with Gasteiger partial charge in [-0.25, -0.2) is 13.1 Å². The molecule has 0 amide bonds. The molecule has 0 unspecified atom stereocenters. The molecule has 0 atom stereocenters. The zero-order chi connectivity index (χ0) is 13.8. The van der Waals surface area contributed by atoms with Crippen molar-refractivity contribution in [1.29, 1.82) is 5.41 Å². The van der Waals surface area contributed by atoms with Gasteiger partial charge in [0.25, 0.3) is 0 Å². The Balaban J connectivity index is 2.61. The summed E-state index contributed by atoms with van der Waals surface area (Å²) in [5.41, 5.74) is 6.80. The first-order valence-electron chi connectivity index (χ1n) is 5.71. The second-order valence-electron chi connectivity index (χ2n) is 4.61. The van der Waals surface area contributed by atoms with Crippen molar-refractivity contribution in [3.63, 3.8) is 0 Å². The molecule has 1 aromatic rings. The topological polar surface area (TPSA) is 96.0 Å². The maximum atomic E-state index is 11.6. The lowest BCUT2D eigenvalue weighted by molar-refractivity contribution is 0.568. The van der Waals surface area contributed by atoms with Gasteiger partial charge in [0.05, 0.1) is 5.75 Å². The van der Waals surface area contributed by atoms with E-state index in [1.807, 2.05) is 13.8 Å². The van der Waals surface area contributed by atoms with Crippen molar-refractivity contribution in [3.05, 3.63) is 35.4 Å². The summed E-state index contributed by atoms with van der Waals surface area (Å²) in [7, 11) is -3.22. The Labute approximate surface area is 108 Å². The van der Waals surface area contributed by atoms with Crippen molar-refractivity contribution < 1.29 is 8.42 Å². The van der Waals surface area contributed by atoms with E-state index in [2.05, 4.69) is 4.72 Å². The summed E-state index contributed by atoms with van der Waals surface area (Å²) < 4.78 is 25.8. The lowest BCUT2D eigenvalue weighted by Crippen LogP contribution is -2.28. The van der Waals surface area contributed by atoms with Gasteiger partial charge in [0.1, 0.15) is 5.84 Å². The van der Waals surface area contributed by atoms with Crippen LogP contribution in [-0.4, -0.2) is 20.0 Å². The van der Waals surface area contributed by atoms with Crippen molar-refractivity contribution in [2.24, 2.45) is 11.7 Å². The Morgan fingerprint density at radius 1 is 1.33 bits per heavy atom. The fourth-order valence-electron chi connectivity index (χ4n) is 1.49. The minimum atomic E-state index is -3.22. The van der Waals surface area contributed by atoms with Gasteiger partial charge in [0, 0.05) is 12.1 Å². The van der Waals surface area contributed by atoms with Gasteiger partial charge in [-0.1, -0.05) is 38.1 Å². The fourth-order valence-corrected chi connectivity index (χ4v) is 2.88. The molecule has 0 aliphatic carbocycles. The molecule has 0 heterocycles. The summed E-state index contributed by atoms with van der Waals surface area (Å²) in [6.07, 6.45) is 0. The Morgan fingerprint density at radius 3 is 2.33 bits per heavy atom. The van der Waals surface area contributed by atoms with Crippen molar-refractivity contribution in [1.82, 2.24) is 4.72 Å². The Bertz CT molecular complexity index is 507. The van der Waals surface area contributed by atoms with E-state index in [9.17, 15) is 8.42 Å². The number of rotatable bonds is 6. The largest absolute Gasteiger partial charge is 0.384 e. The van der Waals surface area contributed by atoms with Gasteiger partial charge in [-0.05, 0) is 11.5 Å². The third-order valence-electron chi connectivity index (χ3n) is 2.31. The van der Waals surface area contributed by atoms with E-state index in [0.29, 0.717) is 5.56 Å².